The Hall–Kier alpha value is -2.17. The number of halogens is 1. The molecule has 1 aliphatic rings. The molecule has 1 aliphatic heterocycles. The van der Waals surface area contributed by atoms with Gasteiger partial charge in [-0.05, 0) is 46.6 Å². The lowest BCUT2D eigenvalue weighted by Crippen LogP contribution is -2.11. The van der Waals surface area contributed by atoms with Gasteiger partial charge in [0.1, 0.15) is 10.9 Å². The number of Topliss-reactive ketones (excluding diaryl/α,β-unsaturated/α-hetero) is 1. The first-order valence-electron chi connectivity index (χ1n) is 8.13. The predicted molar refractivity (Wildman–Crippen MR) is 112 cm³/mol. The second kappa shape index (κ2) is 8.89. The molecular weight excluding hydrogens is 468 g/mol. The number of hydrogen-bond donors (Lipinski definition) is 2. The summed E-state index contributed by atoms with van der Waals surface area (Å²) >= 11 is 5.84. The van der Waals surface area contributed by atoms with Crippen LogP contribution in [0.2, 0.25) is 0 Å². The molecule has 1 aromatic heterocycles. The third-order valence-electron chi connectivity index (χ3n) is 3.65. The van der Waals surface area contributed by atoms with Gasteiger partial charge in [-0.25, -0.2) is 9.78 Å². The summed E-state index contributed by atoms with van der Waals surface area (Å²) in [6.07, 6.45) is 3.30. The Balaban J connectivity index is 1.92. The number of carbonyl (C=O) groups excluding carboxylic acids is 1. The summed E-state index contributed by atoms with van der Waals surface area (Å²) in [6.45, 7) is 1.66. The van der Waals surface area contributed by atoms with Crippen molar-refractivity contribution in [2.24, 2.45) is 0 Å². The number of nitrogens with one attached hydrogen (secondary N) is 1. The zero-order valence-corrected chi connectivity index (χ0v) is 17.8. The van der Waals surface area contributed by atoms with Crippen molar-refractivity contribution in [2.45, 2.75) is 12.8 Å². The van der Waals surface area contributed by atoms with Crippen LogP contribution in [0.5, 0.6) is 11.5 Å². The molecule has 0 unspecified atom stereocenters. The van der Waals surface area contributed by atoms with Crippen molar-refractivity contribution >= 4 is 61.9 Å². The van der Waals surface area contributed by atoms with Crippen LogP contribution in [0.1, 0.15) is 23.4 Å². The number of aliphatic carboxylic acids is 1. The Morgan fingerprint density at radius 3 is 2.86 bits per heavy atom. The third-order valence-corrected chi connectivity index (χ3v) is 6.08. The Kier molecular flexibility index (Phi) is 6.53. The second-order valence-corrected chi connectivity index (χ2v) is 8.45. The molecule has 0 aliphatic carbocycles. The fraction of sp³-hybridized carbons (Fsp3) is 0.222. The van der Waals surface area contributed by atoms with Gasteiger partial charge in [0.2, 0.25) is 0 Å². The topological polar surface area (TPSA) is 110 Å². The van der Waals surface area contributed by atoms with Crippen LogP contribution in [0.25, 0.3) is 6.08 Å². The highest BCUT2D eigenvalue weighted by Gasteiger charge is 2.38. The third kappa shape index (κ3) is 4.45. The molecule has 0 bridgehead atoms. The summed E-state index contributed by atoms with van der Waals surface area (Å²) in [4.78, 5) is 28.2. The van der Waals surface area contributed by atoms with Gasteiger partial charge in [-0.1, -0.05) is 11.8 Å². The van der Waals surface area contributed by atoms with Crippen LogP contribution in [0.15, 0.2) is 33.1 Å². The molecule has 0 spiro atoms. The van der Waals surface area contributed by atoms with Crippen molar-refractivity contribution in [3.05, 3.63) is 43.7 Å². The number of thioether (sulfide) groups is 1. The van der Waals surface area contributed by atoms with Crippen molar-refractivity contribution in [1.82, 2.24) is 4.98 Å². The molecule has 1 aromatic carbocycles. The molecule has 2 aromatic rings. The highest BCUT2D eigenvalue weighted by molar-refractivity contribution is 9.10. The summed E-state index contributed by atoms with van der Waals surface area (Å²) in [5, 5.41) is 19.6. The quantitative estimate of drug-likeness (QED) is 0.569. The van der Waals surface area contributed by atoms with Crippen LogP contribution >= 0.6 is 39.0 Å². The van der Waals surface area contributed by atoms with Crippen LogP contribution in [-0.4, -0.2) is 40.1 Å². The van der Waals surface area contributed by atoms with Gasteiger partial charge in [0, 0.05) is 11.6 Å². The molecule has 0 saturated carbocycles. The average Bonchev–Trinajstić information content (AvgIpc) is 3.23. The van der Waals surface area contributed by atoms with Gasteiger partial charge in [0.05, 0.1) is 21.0 Å². The average molecular weight is 483 g/mol. The van der Waals surface area contributed by atoms with Crippen molar-refractivity contribution in [2.75, 3.05) is 13.2 Å². The Morgan fingerprint density at radius 2 is 2.21 bits per heavy atom. The molecule has 1 fully saturated rings. The van der Waals surface area contributed by atoms with Crippen LogP contribution < -0.4 is 9.47 Å². The fourth-order valence-corrected chi connectivity index (χ4v) is 4.93. The highest BCUT2D eigenvalue weighted by Crippen LogP contribution is 2.43. The second-order valence-electron chi connectivity index (χ2n) is 5.59. The van der Waals surface area contributed by atoms with E-state index in [1.165, 1.54) is 11.3 Å². The van der Waals surface area contributed by atoms with Crippen LogP contribution in [0, 0.1) is 5.41 Å². The van der Waals surface area contributed by atoms with E-state index < -0.39 is 18.5 Å². The standard InChI is InChI=1S/C18H15BrN2O5S2/c1-2-25-11-6-9(5-10(19)16(11)26-8-13(22)23)7-12-15(24)14(17(20)28-12)18-21-3-4-27-18/h3-7,14,20H,2,8H2,1H3,(H,22,23)/b12-7-,20-17?/t14-/m0/s1. The summed E-state index contributed by atoms with van der Waals surface area (Å²) in [7, 11) is 0. The number of ether oxygens (including phenoxy) is 2. The predicted octanol–water partition coefficient (Wildman–Crippen LogP) is 4.19. The Bertz CT molecular complexity index is 959. The van der Waals surface area contributed by atoms with Gasteiger partial charge < -0.3 is 14.6 Å². The SMILES string of the molecule is CCOc1cc(/C=C2\SC(=N)[C@@H](c3nccs3)C2=O)cc(Br)c1OCC(=O)O. The molecule has 7 nitrogen and oxygen atoms in total. The number of aromatic nitrogens is 1. The van der Waals surface area contributed by atoms with Gasteiger partial charge >= 0.3 is 5.97 Å². The van der Waals surface area contributed by atoms with E-state index in [0.29, 0.717) is 32.3 Å². The minimum Gasteiger partial charge on any atom is -0.490 e. The maximum Gasteiger partial charge on any atom is 0.341 e. The molecule has 1 saturated heterocycles. The number of allylic oxidation sites excluding steroid dienone is 1. The number of ketones is 1. The number of thiazole rings is 1. The minimum atomic E-state index is -1.10. The molecule has 0 radical (unpaired) electrons. The summed E-state index contributed by atoms with van der Waals surface area (Å²) in [5.74, 6) is -1.26. The fourth-order valence-electron chi connectivity index (χ4n) is 2.55. The number of hydrogen-bond acceptors (Lipinski definition) is 8. The summed E-state index contributed by atoms with van der Waals surface area (Å²) in [6, 6.07) is 3.38. The van der Waals surface area contributed by atoms with Gasteiger partial charge in [-0.3, -0.25) is 10.2 Å². The number of carboxylic acid groups (broad SMARTS) is 1. The van der Waals surface area contributed by atoms with Gasteiger partial charge in [-0.15, -0.1) is 11.3 Å². The van der Waals surface area contributed by atoms with E-state index in [4.69, 9.17) is 20.0 Å². The summed E-state index contributed by atoms with van der Waals surface area (Å²) < 4.78 is 11.4. The van der Waals surface area contributed by atoms with Gasteiger partial charge in [0.25, 0.3) is 0 Å². The van der Waals surface area contributed by atoms with Crippen molar-refractivity contribution in [1.29, 1.82) is 5.41 Å². The molecule has 1 atom stereocenters. The van der Waals surface area contributed by atoms with E-state index in [-0.39, 0.29) is 16.6 Å². The first kappa shape index (κ1) is 20.6. The first-order valence-corrected chi connectivity index (χ1v) is 10.6. The normalized spacial score (nSPS) is 17.9. The number of nitrogens with zero attached hydrogens (tertiary/aromatic N) is 1. The van der Waals surface area contributed by atoms with Crippen LogP contribution in [-0.2, 0) is 9.59 Å². The number of carboxylic acids is 1. The molecule has 0 amide bonds. The lowest BCUT2D eigenvalue weighted by Gasteiger charge is -2.13. The lowest BCUT2D eigenvalue weighted by atomic mass is 10.0. The monoisotopic (exact) mass is 482 g/mol. The van der Waals surface area contributed by atoms with Crippen molar-refractivity contribution < 1.29 is 24.2 Å². The molecule has 2 heterocycles. The lowest BCUT2D eigenvalue weighted by molar-refractivity contribution is -0.139. The van der Waals surface area contributed by atoms with E-state index in [1.54, 1.807) is 36.7 Å². The van der Waals surface area contributed by atoms with E-state index in [1.807, 2.05) is 0 Å². The van der Waals surface area contributed by atoms with Gasteiger partial charge in [0.15, 0.2) is 23.9 Å². The van der Waals surface area contributed by atoms with E-state index in [2.05, 4.69) is 20.9 Å². The highest BCUT2D eigenvalue weighted by atomic mass is 79.9. The minimum absolute atomic E-state index is 0.162. The maximum atomic E-state index is 12.8. The zero-order valence-electron chi connectivity index (χ0n) is 14.6. The van der Waals surface area contributed by atoms with Crippen LogP contribution in [0.4, 0.5) is 0 Å². The van der Waals surface area contributed by atoms with Crippen molar-refractivity contribution in [3.63, 3.8) is 0 Å². The number of benzene rings is 1. The summed E-state index contributed by atoms with van der Waals surface area (Å²) in [5.41, 5.74) is 0.668. The Labute approximate surface area is 177 Å². The smallest absolute Gasteiger partial charge is 0.341 e. The molecule has 10 heteroatoms. The zero-order chi connectivity index (χ0) is 20.3. The molecule has 2 N–H and O–H groups in total. The van der Waals surface area contributed by atoms with E-state index in [0.717, 1.165) is 11.8 Å². The van der Waals surface area contributed by atoms with E-state index in [9.17, 15) is 9.59 Å². The molecule has 3 rings (SSSR count). The maximum absolute atomic E-state index is 12.8. The Morgan fingerprint density at radius 1 is 1.43 bits per heavy atom. The molecule has 146 valence electrons. The first-order chi connectivity index (χ1) is 13.4. The largest absolute Gasteiger partial charge is 0.490 e. The number of rotatable bonds is 7. The number of carbonyl (C=O) groups is 2. The van der Waals surface area contributed by atoms with Crippen molar-refractivity contribution in [3.8, 4) is 11.5 Å². The van der Waals surface area contributed by atoms with E-state index >= 15 is 0 Å². The van der Waals surface area contributed by atoms with Gasteiger partial charge in [-0.2, -0.15) is 0 Å². The van der Waals surface area contributed by atoms with Crippen LogP contribution in [0.3, 0.4) is 0 Å². The molecule has 28 heavy (non-hydrogen) atoms. The molecular formula is C18H15BrN2O5S2.